The number of anilines is 1. The number of halogens is 1. The molecule has 3 heterocycles. The third kappa shape index (κ3) is 4.49. The quantitative estimate of drug-likeness (QED) is 0.574. The summed E-state index contributed by atoms with van der Waals surface area (Å²) in [5, 5.41) is 13.9. The maximum Gasteiger partial charge on any atom is 0.178 e. The smallest absolute Gasteiger partial charge is 0.178 e. The van der Waals surface area contributed by atoms with Gasteiger partial charge in [-0.15, -0.1) is 0 Å². The first kappa shape index (κ1) is 20.4. The highest BCUT2D eigenvalue weighted by atomic mass is 35.5. The lowest BCUT2D eigenvalue weighted by atomic mass is 10.2. The van der Waals surface area contributed by atoms with Gasteiger partial charge in [0.15, 0.2) is 16.5 Å². The van der Waals surface area contributed by atoms with Crippen LogP contribution in [-0.2, 0) is 11.3 Å². The standard InChI is InChI=1S/C21H23ClN6O2/c1-29-18-4-2-16(3-5-18)15-27(7-6-26-8-10-30-11-9-26)19-12-20(22)25-28-17(13-23)14-24-21(19)28/h2-5,12,14H,6-11,15H2,1H3. The number of hydrogen-bond donors (Lipinski definition) is 0. The Morgan fingerprint density at radius 2 is 2.03 bits per heavy atom. The normalized spacial score (nSPS) is 14.6. The Hall–Kier alpha value is -2.86. The van der Waals surface area contributed by atoms with Gasteiger partial charge in [-0.2, -0.15) is 14.9 Å². The van der Waals surface area contributed by atoms with E-state index in [4.69, 9.17) is 21.1 Å². The van der Waals surface area contributed by atoms with Crippen LogP contribution in [0.2, 0.25) is 5.15 Å². The van der Waals surface area contributed by atoms with Crippen LogP contribution >= 0.6 is 11.6 Å². The Balaban J connectivity index is 1.66. The highest BCUT2D eigenvalue weighted by molar-refractivity contribution is 6.29. The number of nitrogens with zero attached hydrogens (tertiary/aromatic N) is 6. The summed E-state index contributed by atoms with van der Waals surface area (Å²) >= 11 is 6.31. The minimum Gasteiger partial charge on any atom is -0.497 e. The average molecular weight is 427 g/mol. The Morgan fingerprint density at radius 3 is 2.73 bits per heavy atom. The number of hydrogen-bond acceptors (Lipinski definition) is 7. The van der Waals surface area contributed by atoms with E-state index in [1.54, 1.807) is 7.11 Å². The number of rotatable bonds is 7. The fourth-order valence-electron chi connectivity index (χ4n) is 3.56. The molecule has 0 aliphatic carbocycles. The fraction of sp³-hybridized carbons (Fsp3) is 0.381. The summed E-state index contributed by atoms with van der Waals surface area (Å²) in [7, 11) is 1.66. The second-order valence-electron chi connectivity index (χ2n) is 7.07. The van der Waals surface area contributed by atoms with E-state index in [0.29, 0.717) is 23.0 Å². The zero-order chi connectivity index (χ0) is 20.9. The van der Waals surface area contributed by atoms with Crippen LogP contribution in [0.4, 0.5) is 5.69 Å². The number of nitriles is 1. The van der Waals surface area contributed by atoms with Crippen LogP contribution in [0.3, 0.4) is 0 Å². The summed E-state index contributed by atoms with van der Waals surface area (Å²) < 4.78 is 12.2. The average Bonchev–Trinajstić information content (AvgIpc) is 3.20. The molecule has 0 atom stereocenters. The van der Waals surface area contributed by atoms with E-state index in [9.17, 15) is 5.26 Å². The second kappa shape index (κ2) is 9.30. The van der Waals surface area contributed by atoms with E-state index >= 15 is 0 Å². The monoisotopic (exact) mass is 426 g/mol. The van der Waals surface area contributed by atoms with Crippen LogP contribution in [0, 0.1) is 11.3 Å². The molecule has 2 aromatic heterocycles. The number of imidazole rings is 1. The Bertz CT molecular complexity index is 1040. The van der Waals surface area contributed by atoms with Crippen molar-refractivity contribution in [3.63, 3.8) is 0 Å². The van der Waals surface area contributed by atoms with Crippen molar-refractivity contribution in [3.05, 3.63) is 52.9 Å². The van der Waals surface area contributed by atoms with Gasteiger partial charge in [0.05, 0.1) is 32.2 Å². The number of ether oxygens (including phenoxy) is 2. The summed E-state index contributed by atoms with van der Waals surface area (Å²) in [5.74, 6) is 0.819. The molecule has 0 radical (unpaired) electrons. The topological polar surface area (TPSA) is 78.9 Å². The van der Waals surface area contributed by atoms with Gasteiger partial charge in [0.25, 0.3) is 0 Å². The number of methoxy groups -OCH3 is 1. The zero-order valence-corrected chi connectivity index (χ0v) is 17.5. The maximum atomic E-state index is 9.37. The first-order valence-corrected chi connectivity index (χ1v) is 10.2. The molecule has 0 unspecified atom stereocenters. The van der Waals surface area contributed by atoms with Gasteiger partial charge in [0.2, 0.25) is 0 Å². The van der Waals surface area contributed by atoms with Gasteiger partial charge < -0.3 is 14.4 Å². The fourth-order valence-corrected chi connectivity index (χ4v) is 3.73. The lowest BCUT2D eigenvalue weighted by Crippen LogP contribution is -2.41. The molecule has 30 heavy (non-hydrogen) atoms. The van der Waals surface area contributed by atoms with Crippen molar-refractivity contribution >= 4 is 22.9 Å². The molecule has 1 saturated heterocycles. The summed E-state index contributed by atoms with van der Waals surface area (Å²) in [6.07, 6.45) is 1.52. The van der Waals surface area contributed by atoms with Crippen molar-refractivity contribution in [2.45, 2.75) is 6.54 Å². The highest BCUT2D eigenvalue weighted by Crippen LogP contribution is 2.26. The molecule has 1 aliphatic rings. The third-order valence-corrected chi connectivity index (χ3v) is 5.38. The highest BCUT2D eigenvalue weighted by Gasteiger charge is 2.19. The molecule has 0 bridgehead atoms. The number of benzene rings is 1. The van der Waals surface area contributed by atoms with Crippen molar-refractivity contribution in [1.82, 2.24) is 19.5 Å². The van der Waals surface area contributed by atoms with Crippen LogP contribution in [0.15, 0.2) is 36.5 Å². The van der Waals surface area contributed by atoms with Crippen LogP contribution in [0.1, 0.15) is 11.3 Å². The lowest BCUT2D eigenvalue weighted by Gasteiger charge is -2.31. The predicted molar refractivity (Wildman–Crippen MR) is 114 cm³/mol. The van der Waals surface area contributed by atoms with Gasteiger partial charge in [0, 0.05) is 38.8 Å². The SMILES string of the molecule is COc1ccc(CN(CCN2CCOCC2)c2cc(Cl)nn3c(C#N)cnc23)cc1. The second-order valence-corrected chi connectivity index (χ2v) is 7.45. The van der Waals surface area contributed by atoms with E-state index in [0.717, 1.165) is 56.4 Å². The Morgan fingerprint density at radius 1 is 1.27 bits per heavy atom. The molecular weight excluding hydrogens is 404 g/mol. The van der Waals surface area contributed by atoms with Crippen LogP contribution < -0.4 is 9.64 Å². The molecular formula is C21H23ClN6O2. The van der Waals surface area contributed by atoms with E-state index in [1.807, 2.05) is 30.3 Å². The molecule has 4 rings (SSSR count). The van der Waals surface area contributed by atoms with Crippen LogP contribution in [0.5, 0.6) is 5.75 Å². The molecule has 1 aliphatic heterocycles. The van der Waals surface area contributed by atoms with Gasteiger partial charge >= 0.3 is 0 Å². The molecule has 0 saturated carbocycles. The summed E-state index contributed by atoms with van der Waals surface area (Å²) in [4.78, 5) is 9.06. The zero-order valence-electron chi connectivity index (χ0n) is 16.8. The largest absolute Gasteiger partial charge is 0.497 e. The first-order valence-electron chi connectivity index (χ1n) is 9.80. The van der Waals surface area contributed by atoms with Gasteiger partial charge in [-0.05, 0) is 17.7 Å². The maximum absolute atomic E-state index is 9.37. The summed E-state index contributed by atoms with van der Waals surface area (Å²) in [6, 6.07) is 11.9. The molecule has 0 N–H and O–H groups in total. The van der Waals surface area contributed by atoms with E-state index in [-0.39, 0.29) is 0 Å². The predicted octanol–water partition coefficient (Wildman–Crippen LogP) is 2.60. The lowest BCUT2D eigenvalue weighted by molar-refractivity contribution is 0.0391. The third-order valence-electron chi connectivity index (χ3n) is 5.20. The van der Waals surface area contributed by atoms with Crippen molar-refractivity contribution in [2.24, 2.45) is 0 Å². The molecule has 0 spiro atoms. The number of aromatic nitrogens is 3. The minimum atomic E-state index is 0.318. The van der Waals surface area contributed by atoms with E-state index in [2.05, 4.69) is 26.0 Å². The molecule has 8 nitrogen and oxygen atoms in total. The van der Waals surface area contributed by atoms with Crippen LogP contribution in [-0.4, -0.2) is 66.0 Å². The Kier molecular flexibility index (Phi) is 6.33. The molecule has 156 valence electrons. The van der Waals surface area contributed by atoms with Gasteiger partial charge in [0.1, 0.15) is 11.8 Å². The van der Waals surface area contributed by atoms with E-state index < -0.39 is 0 Å². The van der Waals surface area contributed by atoms with Crippen molar-refractivity contribution < 1.29 is 9.47 Å². The number of fused-ring (bicyclic) bond motifs is 1. The van der Waals surface area contributed by atoms with Gasteiger partial charge in [-0.25, -0.2) is 4.98 Å². The van der Waals surface area contributed by atoms with Crippen molar-refractivity contribution in [1.29, 1.82) is 5.26 Å². The van der Waals surface area contributed by atoms with Crippen molar-refractivity contribution in [3.8, 4) is 11.8 Å². The minimum absolute atomic E-state index is 0.318. The van der Waals surface area contributed by atoms with Crippen molar-refractivity contribution in [2.75, 3.05) is 51.4 Å². The molecule has 1 aromatic carbocycles. The molecule has 3 aromatic rings. The summed E-state index contributed by atoms with van der Waals surface area (Å²) in [6.45, 7) is 5.69. The molecule has 0 amide bonds. The molecule has 9 heteroatoms. The van der Waals surface area contributed by atoms with Gasteiger partial charge in [-0.3, -0.25) is 4.90 Å². The van der Waals surface area contributed by atoms with E-state index in [1.165, 1.54) is 10.7 Å². The molecule has 1 fully saturated rings. The Labute approximate surface area is 180 Å². The first-order chi connectivity index (χ1) is 14.7. The van der Waals surface area contributed by atoms with Gasteiger partial charge in [-0.1, -0.05) is 23.7 Å². The number of morpholine rings is 1. The van der Waals surface area contributed by atoms with Crippen LogP contribution in [0.25, 0.3) is 5.65 Å². The summed E-state index contributed by atoms with van der Waals surface area (Å²) in [5.41, 5.74) is 2.95.